The molecule has 7 heteroatoms. The SMILES string of the molecule is Cc1ncc(C(=O)N2C[C@@H]3C[C@H](C2)[C@@H]2CCC[C@H](c4cc(F)cc(F)c4)N2C3)[nH]1. The summed E-state index contributed by atoms with van der Waals surface area (Å²) >= 11 is 0. The number of halogens is 2. The van der Waals surface area contributed by atoms with Gasteiger partial charge in [0.15, 0.2) is 0 Å². The topological polar surface area (TPSA) is 52.2 Å². The van der Waals surface area contributed by atoms with Gasteiger partial charge in [-0.2, -0.15) is 0 Å². The van der Waals surface area contributed by atoms with E-state index in [4.69, 9.17) is 0 Å². The summed E-state index contributed by atoms with van der Waals surface area (Å²) in [6, 6.07) is 4.32. The van der Waals surface area contributed by atoms with Gasteiger partial charge in [0.1, 0.15) is 23.2 Å². The fourth-order valence-corrected chi connectivity index (χ4v) is 5.80. The summed E-state index contributed by atoms with van der Waals surface area (Å²) in [5.74, 6) is 0.535. The van der Waals surface area contributed by atoms with Crippen molar-refractivity contribution in [3.63, 3.8) is 0 Å². The van der Waals surface area contributed by atoms with Crippen LogP contribution in [0.5, 0.6) is 0 Å². The van der Waals surface area contributed by atoms with E-state index in [9.17, 15) is 13.6 Å². The van der Waals surface area contributed by atoms with Crippen molar-refractivity contribution in [1.29, 1.82) is 0 Å². The van der Waals surface area contributed by atoms with E-state index in [1.807, 2.05) is 11.8 Å². The van der Waals surface area contributed by atoms with Gasteiger partial charge in [0, 0.05) is 37.8 Å². The molecule has 0 unspecified atom stereocenters. The van der Waals surface area contributed by atoms with E-state index in [1.165, 1.54) is 12.1 Å². The van der Waals surface area contributed by atoms with Crippen molar-refractivity contribution in [3.05, 3.63) is 53.1 Å². The number of piperidine rings is 3. The van der Waals surface area contributed by atoms with Crippen molar-refractivity contribution in [2.45, 2.75) is 44.7 Å². The maximum Gasteiger partial charge on any atom is 0.271 e. The van der Waals surface area contributed by atoms with Crippen LogP contribution in [0.4, 0.5) is 8.78 Å². The van der Waals surface area contributed by atoms with Gasteiger partial charge in [-0.15, -0.1) is 0 Å². The first-order valence-electron chi connectivity index (χ1n) is 10.5. The van der Waals surface area contributed by atoms with E-state index in [0.29, 0.717) is 23.6 Å². The molecule has 2 aromatic rings. The molecule has 5 nitrogen and oxygen atoms in total. The Morgan fingerprint density at radius 3 is 2.66 bits per heavy atom. The number of carbonyl (C=O) groups is 1. The molecule has 1 aromatic carbocycles. The Balaban J connectivity index is 1.37. The second kappa shape index (κ2) is 7.20. The van der Waals surface area contributed by atoms with Gasteiger partial charge in [-0.25, -0.2) is 13.8 Å². The predicted molar refractivity (Wildman–Crippen MR) is 104 cm³/mol. The van der Waals surface area contributed by atoms with Gasteiger partial charge in [0.2, 0.25) is 0 Å². The predicted octanol–water partition coefficient (Wildman–Crippen LogP) is 3.68. The van der Waals surface area contributed by atoms with E-state index >= 15 is 0 Å². The minimum absolute atomic E-state index is 0.0216. The lowest BCUT2D eigenvalue weighted by molar-refractivity contribution is -0.0513. The summed E-state index contributed by atoms with van der Waals surface area (Å²) in [5, 5.41) is 0. The Labute approximate surface area is 169 Å². The fraction of sp³-hybridized carbons (Fsp3) is 0.545. The first kappa shape index (κ1) is 18.7. The van der Waals surface area contributed by atoms with E-state index in [-0.39, 0.29) is 11.9 Å². The van der Waals surface area contributed by atoms with Crippen molar-refractivity contribution < 1.29 is 13.6 Å². The molecule has 3 aliphatic heterocycles. The zero-order chi connectivity index (χ0) is 20.1. The van der Waals surface area contributed by atoms with Crippen LogP contribution < -0.4 is 0 Å². The van der Waals surface area contributed by atoms with Gasteiger partial charge in [0.05, 0.1) is 6.20 Å². The lowest BCUT2D eigenvalue weighted by Gasteiger charge is -2.55. The highest BCUT2D eigenvalue weighted by atomic mass is 19.1. The van der Waals surface area contributed by atoms with Crippen LogP contribution >= 0.6 is 0 Å². The maximum atomic E-state index is 13.8. The standard InChI is InChI=1S/C22H26F2N4O/c1-13-25-9-19(26-13)22(29)27-10-14-5-16(12-27)21-4-2-3-20(28(21)11-14)15-6-17(23)8-18(24)7-15/h6-9,14,16,20-21H,2-5,10-12H2,1H3,(H,25,26)/t14-,16+,20+,21-/m0/s1. The van der Waals surface area contributed by atoms with Gasteiger partial charge in [-0.1, -0.05) is 0 Å². The van der Waals surface area contributed by atoms with Crippen LogP contribution in [-0.4, -0.2) is 51.4 Å². The fourth-order valence-electron chi connectivity index (χ4n) is 5.80. The number of nitrogens with one attached hydrogen (secondary N) is 1. The quantitative estimate of drug-likeness (QED) is 0.837. The number of fused-ring (bicyclic) bond motifs is 4. The lowest BCUT2D eigenvalue weighted by atomic mass is 9.74. The highest BCUT2D eigenvalue weighted by molar-refractivity contribution is 5.92. The number of aryl methyl sites for hydroxylation is 1. The van der Waals surface area contributed by atoms with E-state index in [1.54, 1.807) is 6.20 Å². The van der Waals surface area contributed by atoms with Gasteiger partial charge in [-0.05, 0) is 62.1 Å². The monoisotopic (exact) mass is 400 g/mol. The van der Waals surface area contributed by atoms with Crippen LogP contribution in [0.2, 0.25) is 0 Å². The van der Waals surface area contributed by atoms with Crippen LogP contribution in [0.3, 0.4) is 0 Å². The number of aromatic amines is 1. The summed E-state index contributed by atoms with van der Waals surface area (Å²) in [6.45, 7) is 4.17. The van der Waals surface area contributed by atoms with Crippen LogP contribution in [-0.2, 0) is 0 Å². The van der Waals surface area contributed by atoms with Crippen LogP contribution in [0.15, 0.2) is 24.4 Å². The van der Waals surface area contributed by atoms with E-state index < -0.39 is 11.6 Å². The average Bonchev–Trinajstić information content (AvgIpc) is 3.12. The highest BCUT2D eigenvalue weighted by Gasteiger charge is 2.46. The Kier molecular flexibility index (Phi) is 4.65. The van der Waals surface area contributed by atoms with Crippen molar-refractivity contribution in [2.24, 2.45) is 11.8 Å². The van der Waals surface area contributed by atoms with Crippen molar-refractivity contribution in [3.8, 4) is 0 Å². The molecule has 3 fully saturated rings. The Morgan fingerprint density at radius 1 is 1.14 bits per heavy atom. The highest BCUT2D eigenvalue weighted by Crippen LogP contribution is 2.44. The molecule has 4 heterocycles. The summed E-state index contributed by atoms with van der Waals surface area (Å²) in [4.78, 5) is 24.6. The molecule has 5 rings (SSSR count). The third-order valence-corrected chi connectivity index (χ3v) is 6.88. The number of nitrogens with zero attached hydrogens (tertiary/aromatic N) is 3. The molecule has 0 saturated carbocycles. The number of carbonyl (C=O) groups excluding carboxylic acids is 1. The van der Waals surface area contributed by atoms with Gasteiger partial charge in [-0.3, -0.25) is 9.69 Å². The molecule has 29 heavy (non-hydrogen) atoms. The number of H-pyrrole nitrogens is 1. The smallest absolute Gasteiger partial charge is 0.271 e. The number of benzene rings is 1. The second-order valence-corrected chi connectivity index (χ2v) is 8.87. The Morgan fingerprint density at radius 2 is 1.93 bits per heavy atom. The first-order chi connectivity index (χ1) is 14.0. The molecule has 1 N–H and O–H groups in total. The molecule has 0 spiro atoms. The van der Waals surface area contributed by atoms with Crippen molar-refractivity contribution >= 4 is 5.91 Å². The van der Waals surface area contributed by atoms with Crippen LogP contribution in [0, 0.1) is 30.4 Å². The zero-order valence-electron chi connectivity index (χ0n) is 16.6. The number of amides is 1. The third-order valence-electron chi connectivity index (χ3n) is 6.88. The molecule has 3 aliphatic rings. The molecular weight excluding hydrogens is 374 g/mol. The van der Waals surface area contributed by atoms with Gasteiger partial charge >= 0.3 is 0 Å². The first-order valence-corrected chi connectivity index (χ1v) is 10.5. The molecular formula is C22H26F2N4O. The molecule has 1 amide bonds. The minimum Gasteiger partial charge on any atom is -0.338 e. The van der Waals surface area contributed by atoms with E-state index in [0.717, 1.165) is 62.8 Å². The normalized spacial score (nSPS) is 29.6. The molecule has 3 saturated heterocycles. The van der Waals surface area contributed by atoms with Crippen molar-refractivity contribution in [2.75, 3.05) is 19.6 Å². The average molecular weight is 400 g/mol. The second-order valence-electron chi connectivity index (χ2n) is 8.87. The number of hydrogen-bond acceptors (Lipinski definition) is 3. The summed E-state index contributed by atoms with van der Waals surface area (Å²) in [7, 11) is 0. The molecule has 0 aliphatic carbocycles. The zero-order valence-corrected chi connectivity index (χ0v) is 16.6. The van der Waals surface area contributed by atoms with Crippen molar-refractivity contribution in [1.82, 2.24) is 19.8 Å². The van der Waals surface area contributed by atoms with Gasteiger partial charge < -0.3 is 9.88 Å². The largest absolute Gasteiger partial charge is 0.338 e. The third kappa shape index (κ3) is 3.45. The van der Waals surface area contributed by atoms with Crippen LogP contribution in [0.25, 0.3) is 0 Å². The number of hydrogen-bond donors (Lipinski definition) is 1. The molecule has 4 atom stereocenters. The minimum atomic E-state index is -0.508. The Hall–Kier alpha value is -2.28. The van der Waals surface area contributed by atoms with Crippen LogP contribution in [0.1, 0.15) is 53.6 Å². The van der Waals surface area contributed by atoms with Gasteiger partial charge in [0.25, 0.3) is 5.91 Å². The number of likely N-dealkylation sites (tertiary alicyclic amines) is 1. The molecule has 0 radical (unpaired) electrons. The lowest BCUT2D eigenvalue weighted by Crippen LogP contribution is -2.60. The molecule has 1 aromatic heterocycles. The summed E-state index contributed by atoms with van der Waals surface area (Å²) in [6.07, 6.45) is 5.78. The Bertz CT molecular complexity index is 909. The number of imidazole rings is 1. The molecule has 154 valence electrons. The van der Waals surface area contributed by atoms with E-state index in [2.05, 4.69) is 14.9 Å². The maximum absolute atomic E-state index is 13.8. The molecule has 2 bridgehead atoms. The summed E-state index contributed by atoms with van der Waals surface area (Å²) < 4.78 is 27.7. The number of rotatable bonds is 2. The number of aromatic nitrogens is 2. The summed E-state index contributed by atoms with van der Waals surface area (Å²) in [5.41, 5.74) is 1.30.